The van der Waals surface area contributed by atoms with Gasteiger partial charge in [-0.15, -0.1) is 0 Å². The van der Waals surface area contributed by atoms with Gasteiger partial charge in [-0.1, -0.05) is 13.8 Å². The van der Waals surface area contributed by atoms with Gasteiger partial charge in [0.1, 0.15) is 12.3 Å². The van der Waals surface area contributed by atoms with E-state index in [0.717, 1.165) is 0 Å². The zero-order valence-corrected chi connectivity index (χ0v) is 12.3. The van der Waals surface area contributed by atoms with Gasteiger partial charge in [0.2, 0.25) is 5.91 Å². The molecule has 1 aliphatic rings. The monoisotopic (exact) mass is 290 g/mol. The molecule has 0 unspecified atom stereocenters. The van der Waals surface area contributed by atoms with Crippen molar-refractivity contribution in [3.8, 4) is 5.75 Å². The number of ether oxygens (including phenoxy) is 1. The van der Waals surface area contributed by atoms with Gasteiger partial charge in [-0.3, -0.25) is 19.3 Å². The van der Waals surface area contributed by atoms with Crippen LogP contribution in [-0.4, -0.2) is 37.8 Å². The Morgan fingerprint density at radius 3 is 2.67 bits per heavy atom. The summed E-state index contributed by atoms with van der Waals surface area (Å²) in [6.07, 6.45) is 0. The summed E-state index contributed by atoms with van der Waals surface area (Å²) in [4.78, 5) is 36.9. The van der Waals surface area contributed by atoms with E-state index in [0.29, 0.717) is 29.5 Å². The molecule has 0 saturated carbocycles. The lowest BCUT2D eigenvalue weighted by Crippen LogP contribution is -2.41. The Labute approximate surface area is 123 Å². The van der Waals surface area contributed by atoms with Gasteiger partial charge in [0.25, 0.3) is 11.7 Å². The topological polar surface area (TPSA) is 75.7 Å². The maximum atomic E-state index is 12.0. The van der Waals surface area contributed by atoms with Crippen molar-refractivity contribution < 1.29 is 19.1 Å². The van der Waals surface area contributed by atoms with Crippen molar-refractivity contribution in [2.75, 3.05) is 25.1 Å². The lowest BCUT2D eigenvalue weighted by atomic mass is 10.1. The summed E-state index contributed by atoms with van der Waals surface area (Å²) in [5.74, 6) is -0.719. The molecule has 0 aromatic heterocycles. The van der Waals surface area contributed by atoms with Crippen LogP contribution in [0.2, 0.25) is 0 Å². The average molecular weight is 290 g/mol. The van der Waals surface area contributed by atoms with Crippen LogP contribution in [-0.2, 0) is 9.59 Å². The number of hydrogen-bond acceptors (Lipinski definition) is 4. The zero-order valence-electron chi connectivity index (χ0n) is 12.3. The Bertz CT molecular complexity index is 595. The fourth-order valence-corrected chi connectivity index (χ4v) is 2.08. The number of nitrogens with zero attached hydrogens (tertiary/aromatic N) is 1. The first-order chi connectivity index (χ1) is 9.93. The summed E-state index contributed by atoms with van der Waals surface area (Å²) >= 11 is 0. The molecule has 1 heterocycles. The number of nitrogens with one attached hydrogen (secondary N) is 1. The van der Waals surface area contributed by atoms with Crippen molar-refractivity contribution in [2.24, 2.45) is 5.92 Å². The molecule has 2 amide bonds. The average Bonchev–Trinajstić information content (AvgIpc) is 2.69. The first-order valence-electron chi connectivity index (χ1n) is 6.75. The zero-order chi connectivity index (χ0) is 15.6. The summed E-state index contributed by atoms with van der Waals surface area (Å²) < 4.78 is 5.09. The van der Waals surface area contributed by atoms with E-state index < -0.39 is 11.7 Å². The van der Waals surface area contributed by atoms with Crippen molar-refractivity contribution in [1.29, 1.82) is 0 Å². The van der Waals surface area contributed by atoms with Gasteiger partial charge in [-0.25, -0.2) is 0 Å². The first kappa shape index (κ1) is 15.0. The maximum absolute atomic E-state index is 12.0. The molecule has 1 aromatic carbocycles. The molecule has 0 fully saturated rings. The summed E-state index contributed by atoms with van der Waals surface area (Å²) in [6.45, 7) is 4.31. The molecule has 0 spiro atoms. The number of benzene rings is 1. The fraction of sp³-hybridized carbons (Fsp3) is 0.400. The molecule has 2 rings (SSSR count). The van der Waals surface area contributed by atoms with E-state index in [1.165, 1.54) is 12.0 Å². The second-order valence-corrected chi connectivity index (χ2v) is 5.30. The van der Waals surface area contributed by atoms with E-state index in [1.807, 2.05) is 13.8 Å². The third-order valence-electron chi connectivity index (χ3n) is 3.19. The predicted octanol–water partition coefficient (Wildman–Crippen LogP) is 0.997. The van der Waals surface area contributed by atoms with Crippen molar-refractivity contribution in [3.63, 3.8) is 0 Å². The Morgan fingerprint density at radius 1 is 1.33 bits per heavy atom. The molecule has 1 aromatic rings. The smallest absolute Gasteiger partial charge is 0.299 e. The van der Waals surface area contributed by atoms with Crippen LogP contribution < -0.4 is 15.0 Å². The Kier molecular flexibility index (Phi) is 4.26. The molecule has 0 radical (unpaired) electrons. The van der Waals surface area contributed by atoms with Crippen LogP contribution >= 0.6 is 0 Å². The number of carbonyl (C=O) groups is 3. The highest BCUT2D eigenvalue weighted by molar-refractivity contribution is 6.52. The van der Waals surface area contributed by atoms with E-state index in [4.69, 9.17) is 4.74 Å². The van der Waals surface area contributed by atoms with Crippen LogP contribution in [0.25, 0.3) is 0 Å². The van der Waals surface area contributed by atoms with Crippen molar-refractivity contribution in [1.82, 2.24) is 5.32 Å². The molecule has 6 nitrogen and oxygen atoms in total. The highest BCUT2D eigenvalue weighted by atomic mass is 16.5. The van der Waals surface area contributed by atoms with E-state index >= 15 is 0 Å². The normalized spacial score (nSPS) is 13.6. The Hall–Kier alpha value is -2.37. The van der Waals surface area contributed by atoms with Gasteiger partial charge in [0.05, 0.1) is 18.4 Å². The number of anilines is 1. The number of Topliss-reactive ketones (excluding diaryl/α,β-unsaturated/α-hetero) is 1. The highest BCUT2D eigenvalue weighted by Crippen LogP contribution is 2.32. The molecule has 1 N–H and O–H groups in total. The Balaban J connectivity index is 2.19. The van der Waals surface area contributed by atoms with Crippen LogP contribution in [0.4, 0.5) is 5.69 Å². The first-order valence-corrected chi connectivity index (χ1v) is 6.75. The quantitative estimate of drug-likeness (QED) is 0.821. The van der Waals surface area contributed by atoms with Crippen molar-refractivity contribution >= 4 is 23.3 Å². The van der Waals surface area contributed by atoms with Crippen LogP contribution in [0, 0.1) is 5.92 Å². The number of ketones is 1. The molecule has 1 aliphatic heterocycles. The predicted molar refractivity (Wildman–Crippen MR) is 77.5 cm³/mol. The number of rotatable bonds is 5. The van der Waals surface area contributed by atoms with Crippen LogP contribution in [0.3, 0.4) is 0 Å². The number of fused-ring (bicyclic) bond motifs is 1. The molecule has 0 saturated heterocycles. The van der Waals surface area contributed by atoms with Crippen LogP contribution in [0.15, 0.2) is 18.2 Å². The van der Waals surface area contributed by atoms with Gasteiger partial charge in [0.15, 0.2) is 0 Å². The van der Waals surface area contributed by atoms with Crippen LogP contribution in [0.5, 0.6) is 5.75 Å². The molecule has 0 atom stereocenters. The largest absolute Gasteiger partial charge is 0.497 e. The fourth-order valence-electron chi connectivity index (χ4n) is 2.08. The summed E-state index contributed by atoms with van der Waals surface area (Å²) in [7, 11) is 1.50. The molecule has 0 aliphatic carbocycles. The Morgan fingerprint density at radius 2 is 2.05 bits per heavy atom. The second-order valence-electron chi connectivity index (χ2n) is 5.30. The van der Waals surface area contributed by atoms with Crippen molar-refractivity contribution in [3.05, 3.63) is 23.8 Å². The molecule has 6 heteroatoms. The van der Waals surface area contributed by atoms with Gasteiger partial charge >= 0.3 is 0 Å². The second kappa shape index (κ2) is 5.95. The van der Waals surface area contributed by atoms with Gasteiger partial charge in [0, 0.05) is 12.6 Å². The number of methoxy groups -OCH3 is 1. The molecular formula is C15H18N2O4. The summed E-state index contributed by atoms with van der Waals surface area (Å²) in [5, 5.41) is 2.73. The minimum absolute atomic E-state index is 0.169. The number of amides is 2. The van der Waals surface area contributed by atoms with Gasteiger partial charge in [-0.05, 0) is 18.1 Å². The lowest BCUT2D eigenvalue weighted by molar-refractivity contribution is -0.122. The number of hydrogen-bond donors (Lipinski definition) is 1. The van der Waals surface area contributed by atoms with E-state index in [9.17, 15) is 14.4 Å². The lowest BCUT2D eigenvalue weighted by Gasteiger charge is -2.17. The highest BCUT2D eigenvalue weighted by Gasteiger charge is 2.37. The third-order valence-corrected chi connectivity index (χ3v) is 3.19. The van der Waals surface area contributed by atoms with E-state index in [2.05, 4.69) is 5.32 Å². The van der Waals surface area contributed by atoms with E-state index in [1.54, 1.807) is 18.2 Å². The molecule has 112 valence electrons. The molecule has 21 heavy (non-hydrogen) atoms. The SMILES string of the molecule is COc1ccc2c(c1)N(CC(=O)NCC(C)C)C(=O)C2=O. The summed E-state index contributed by atoms with van der Waals surface area (Å²) in [5.41, 5.74) is 0.724. The van der Waals surface area contributed by atoms with E-state index in [-0.39, 0.29) is 12.5 Å². The standard InChI is InChI=1S/C15H18N2O4/c1-9(2)7-16-13(18)8-17-12-6-10(21-3)4-5-11(12)14(19)15(17)20/h4-6,9H,7-8H2,1-3H3,(H,16,18). The van der Waals surface area contributed by atoms with Gasteiger partial charge < -0.3 is 10.1 Å². The molecule has 0 bridgehead atoms. The number of carbonyl (C=O) groups excluding carboxylic acids is 3. The minimum Gasteiger partial charge on any atom is -0.497 e. The van der Waals surface area contributed by atoms with Crippen LogP contribution in [0.1, 0.15) is 24.2 Å². The van der Waals surface area contributed by atoms with Gasteiger partial charge in [-0.2, -0.15) is 0 Å². The summed E-state index contributed by atoms with van der Waals surface area (Å²) in [6, 6.07) is 4.75. The molecular weight excluding hydrogens is 272 g/mol. The minimum atomic E-state index is -0.682. The maximum Gasteiger partial charge on any atom is 0.299 e. The van der Waals surface area contributed by atoms with Crippen molar-refractivity contribution in [2.45, 2.75) is 13.8 Å². The third kappa shape index (κ3) is 3.04.